The van der Waals surface area contributed by atoms with Gasteiger partial charge in [0.25, 0.3) is 0 Å². The number of carbonyl (C=O) groups is 1. The van der Waals surface area contributed by atoms with Crippen molar-refractivity contribution in [2.75, 3.05) is 26.2 Å². The number of hydrogen-bond acceptors (Lipinski definition) is 4. The quantitative estimate of drug-likeness (QED) is 0.716. The Bertz CT molecular complexity index is 341. The van der Waals surface area contributed by atoms with Crippen molar-refractivity contribution in [3.63, 3.8) is 0 Å². The molecule has 0 saturated carbocycles. The fraction of sp³-hybridized carbons (Fsp3) is 0.417. The van der Waals surface area contributed by atoms with E-state index in [2.05, 4.69) is 0 Å². The molecule has 0 aliphatic carbocycles. The average molecular weight is 240 g/mol. The minimum absolute atomic E-state index is 0.117. The van der Waals surface area contributed by atoms with Crippen molar-refractivity contribution in [1.29, 1.82) is 0 Å². The highest BCUT2D eigenvalue weighted by Crippen LogP contribution is 2.23. The molecule has 0 aliphatic heterocycles. The first-order valence-corrected chi connectivity index (χ1v) is 6.36. The molecule has 4 heteroatoms. The van der Waals surface area contributed by atoms with Gasteiger partial charge in [-0.2, -0.15) is 11.8 Å². The second kappa shape index (κ2) is 6.43. The number of thioether (sulfide) groups is 1. The van der Waals surface area contributed by atoms with Crippen LogP contribution in [0.3, 0.4) is 0 Å². The number of Topliss-reactive ketones (excluding diaryl/α,β-unsaturated/α-hetero) is 1. The molecule has 0 bridgehead atoms. The molecule has 0 fully saturated rings. The zero-order valence-corrected chi connectivity index (χ0v) is 10.6. The zero-order valence-electron chi connectivity index (χ0n) is 9.78. The van der Waals surface area contributed by atoms with Crippen LogP contribution in [0.25, 0.3) is 0 Å². The molecule has 0 aromatic heterocycles. The maximum absolute atomic E-state index is 11.8. The summed E-state index contributed by atoms with van der Waals surface area (Å²) in [5.41, 5.74) is 0.644. The normalized spacial score (nSPS) is 9.94. The summed E-state index contributed by atoms with van der Waals surface area (Å²) in [7, 11) is 3.15. The Kier molecular flexibility index (Phi) is 5.19. The summed E-state index contributed by atoms with van der Waals surface area (Å²) in [6.45, 7) is 0. The molecule has 0 heterocycles. The summed E-state index contributed by atoms with van der Waals surface area (Å²) in [6.07, 6.45) is 2.52. The van der Waals surface area contributed by atoms with E-state index in [1.807, 2.05) is 6.26 Å². The minimum atomic E-state index is 0.117. The molecule has 0 atom stereocenters. The van der Waals surface area contributed by atoms with E-state index in [9.17, 15) is 4.79 Å². The van der Waals surface area contributed by atoms with Crippen molar-refractivity contribution in [2.24, 2.45) is 0 Å². The highest BCUT2D eigenvalue weighted by atomic mass is 32.2. The van der Waals surface area contributed by atoms with Crippen LogP contribution >= 0.6 is 11.8 Å². The Morgan fingerprint density at radius 2 is 1.75 bits per heavy atom. The molecule has 16 heavy (non-hydrogen) atoms. The SMILES string of the molecule is COc1cc(OC)cc(C(=O)CCSC)c1. The van der Waals surface area contributed by atoms with Crippen LogP contribution in [0.1, 0.15) is 16.8 Å². The van der Waals surface area contributed by atoms with Gasteiger partial charge in [-0.1, -0.05) is 0 Å². The molecule has 0 spiro atoms. The van der Waals surface area contributed by atoms with Crippen molar-refractivity contribution in [3.8, 4) is 11.5 Å². The summed E-state index contributed by atoms with van der Waals surface area (Å²) in [5.74, 6) is 2.24. The fourth-order valence-electron chi connectivity index (χ4n) is 1.31. The van der Waals surface area contributed by atoms with Crippen LogP contribution < -0.4 is 9.47 Å². The molecule has 0 amide bonds. The first-order valence-electron chi connectivity index (χ1n) is 4.96. The topological polar surface area (TPSA) is 35.5 Å². The predicted octanol–water partition coefficient (Wildman–Crippen LogP) is 2.64. The second-order valence-corrected chi connectivity index (χ2v) is 4.25. The third kappa shape index (κ3) is 3.45. The minimum Gasteiger partial charge on any atom is -0.497 e. The van der Waals surface area contributed by atoms with E-state index in [4.69, 9.17) is 9.47 Å². The van der Waals surface area contributed by atoms with Gasteiger partial charge in [0.1, 0.15) is 11.5 Å². The van der Waals surface area contributed by atoms with Crippen LogP contribution in [0.4, 0.5) is 0 Å². The van der Waals surface area contributed by atoms with Crippen LogP contribution in [0, 0.1) is 0 Å². The van der Waals surface area contributed by atoms with E-state index in [0.717, 1.165) is 5.75 Å². The molecule has 0 radical (unpaired) electrons. The van der Waals surface area contributed by atoms with Crippen molar-refractivity contribution < 1.29 is 14.3 Å². The molecule has 0 saturated heterocycles. The van der Waals surface area contributed by atoms with Gasteiger partial charge < -0.3 is 9.47 Å². The molecular weight excluding hydrogens is 224 g/mol. The molecular formula is C12H16O3S. The maximum Gasteiger partial charge on any atom is 0.163 e. The number of carbonyl (C=O) groups excluding carboxylic acids is 1. The molecule has 1 rings (SSSR count). The lowest BCUT2D eigenvalue weighted by molar-refractivity contribution is 0.0989. The highest BCUT2D eigenvalue weighted by molar-refractivity contribution is 7.98. The van der Waals surface area contributed by atoms with Gasteiger partial charge in [-0.25, -0.2) is 0 Å². The van der Waals surface area contributed by atoms with Gasteiger partial charge in [0.05, 0.1) is 14.2 Å². The molecule has 88 valence electrons. The predicted molar refractivity (Wildman–Crippen MR) is 66.9 cm³/mol. The van der Waals surface area contributed by atoms with E-state index < -0.39 is 0 Å². The lowest BCUT2D eigenvalue weighted by Crippen LogP contribution is -2.01. The van der Waals surface area contributed by atoms with Crippen molar-refractivity contribution in [2.45, 2.75) is 6.42 Å². The van der Waals surface area contributed by atoms with Crippen LogP contribution in [-0.2, 0) is 0 Å². The Hall–Kier alpha value is -1.16. The summed E-state index contributed by atoms with van der Waals surface area (Å²) in [6, 6.07) is 5.24. The highest BCUT2D eigenvalue weighted by Gasteiger charge is 2.09. The van der Waals surface area contributed by atoms with E-state index in [0.29, 0.717) is 23.5 Å². The monoisotopic (exact) mass is 240 g/mol. The number of rotatable bonds is 6. The van der Waals surface area contributed by atoms with E-state index in [1.165, 1.54) is 0 Å². The number of ketones is 1. The smallest absolute Gasteiger partial charge is 0.163 e. The Morgan fingerprint density at radius 1 is 1.19 bits per heavy atom. The number of ether oxygens (including phenoxy) is 2. The largest absolute Gasteiger partial charge is 0.497 e. The number of benzene rings is 1. The van der Waals surface area contributed by atoms with Crippen LogP contribution in [0.2, 0.25) is 0 Å². The van der Waals surface area contributed by atoms with Gasteiger partial charge in [-0.15, -0.1) is 0 Å². The fourth-order valence-corrected chi connectivity index (χ4v) is 1.70. The Morgan fingerprint density at radius 3 is 2.19 bits per heavy atom. The maximum atomic E-state index is 11.8. The Balaban J connectivity index is 2.89. The van der Waals surface area contributed by atoms with Crippen molar-refractivity contribution in [3.05, 3.63) is 23.8 Å². The molecule has 0 unspecified atom stereocenters. The molecule has 1 aromatic carbocycles. The van der Waals surface area contributed by atoms with E-state index in [1.54, 1.807) is 44.2 Å². The third-order valence-corrected chi connectivity index (χ3v) is 2.82. The standard InChI is InChI=1S/C12H16O3S/c1-14-10-6-9(7-11(8-10)15-2)12(13)4-5-16-3/h6-8H,4-5H2,1-3H3. The van der Waals surface area contributed by atoms with Gasteiger partial charge in [0, 0.05) is 23.8 Å². The summed E-state index contributed by atoms with van der Waals surface area (Å²) >= 11 is 1.66. The third-order valence-electron chi connectivity index (χ3n) is 2.21. The lowest BCUT2D eigenvalue weighted by Gasteiger charge is -2.07. The van der Waals surface area contributed by atoms with Gasteiger partial charge in [0.2, 0.25) is 0 Å². The first kappa shape index (κ1) is 12.9. The van der Waals surface area contributed by atoms with Gasteiger partial charge in [-0.3, -0.25) is 4.79 Å². The van der Waals surface area contributed by atoms with Crippen LogP contribution in [-0.4, -0.2) is 32.0 Å². The lowest BCUT2D eigenvalue weighted by atomic mass is 10.1. The van der Waals surface area contributed by atoms with Gasteiger partial charge in [-0.05, 0) is 18.4 Å². The molecule has 0 N–H and O–H groups in total. The second-order valence-electron chi connectivity index (χ2n) is 3.27. The van der Waals surface area contributed by atoms with E-state index in [-0.39, 0.29) is 5.78 Å². The van der Waals surface area contributed by atoms with Gasteiger partial charge >= 0.3 is 0 Å². The van der Waals surface area contributed by atoms with Crippen molar-refractivity contribution >= 4 is 17.5 Å². The number of hydrogen-bond donors (Lipinski definition) is 0. The summed E-state index contributed by atoms with van der Waals surface area (Å²) in [4.78, 5) is 11.8. The summed E-state index contributed by atoms with van der Waals surface area (Å²) < 4.78 is 10.2. The zero-order chi connectivity index (χ0) is 12.0. The van der Waals surface area contributed by atoms with E-state index >= 15 is 0 Å². The molecule has 0 aliphatic rings. The first-order chi connectivity index (χ1) is 7.71. The van der Waals surface area contributed by atoms with Crippen LogP contribution in [0.15, 0.2) is 18.2 Å². The number of methoxy groups -OCH3 is 2. The summed E-state index contributed by atoms with van der Waals surface area (Å²) in [5, 5.41) is 0. The van der Waals surface area contributed by atoms with Gasteiger partial charge in [0.15, 0.2) is 5.78 Å². The Labute approximate surface area is 100 Å². The van der Waals surface area contributed by atoms with Crippen LogP contribution in [0.5, 0.6) is 11.5 Å². The molecule has 3 nitrogen and oxygen atoms in total. The molecule has 1 aromatic rings. The average Bonchev–Trinajstić information content (AvgIpc) is 2.35. The van der Waals surface area contributed by atoms with Crippen molar-refractivity contribution in [1.82, 2.24) is 0 Å².